The molecule has 0 saturated heterocycles. The van der Waals surface area contributed by atoms with Gasteiger partial charge < -0.3 is 10.2 Å². The summed E-state index contributed by atoms with van der Waals surface area (Å²) in [6, 6.07) is 3.95. The zero-order valence-electron chi connectivity index (χ0n) is 13.8. The highest BCUT2D eigenvalue weighted by molar-refractivity contribution is 7.22. The quantitative estimate of drug-likeness (QED) is 0.590. The Bertz CT molecular complexity index is 992. The van der Waals surface area contributed by atoms with E-state index in [1.807, 2.05) is 41.9 Å². The average Bonchev–Trinajstić information content (AvgIpc) is 3.29. The van der Waals surface area contributed by atoms with Crippen LogP contribution in [-0.4, -0.2) is 43.6 Å². The Morgan fingerprint density at radius 3 is 2.92 bits per heavy atom. The minimum Gasteiger partial charge on any atom is -0.365 e. The van der Waals surface area contributed by atoms with Gasteiger partial charge in [0.1, 0.15) is 29.0 Å². The first kappa shape index (κ1) is 15.5. The number of rotatable bonds is 5. The van der Waals surface area contributed by atoms with E-state index in [0.717, 1.165) is 27.0 Å². The summed E-state index contributed by atoms with van der Waals surface area (Å²) in [5.41, 5.74) is 1.75. The van der Waals surface area contributed by atoms with Crippen LogP contribution in [0.1, 0.15) is 5.56 Å². The van der Waals surface area contributed by atoms with Gasteiger partial charge in [0.05, 0.1) is 0 Å². The molecule has 0 spiro atoms. The van der Waals surface area contributed by atoms with Crippen LogP contribution in [0.5, 0.6) is 0 Å². The molecule has 4 aromatic heterocycles. The largest absolute Gasteiger partial charge is 0.365 e. The van der Waals surface area contributed by atoms with Gasteiger partial charge in [0, 0.05) is 44.8 Å². The van der Waals surface area contributed by atoms with Crippen molar-refractivity contribution < 1.29 is 0 Å². The Hall–Kier alpha value is -3.07. The maximum atomic E-state index is 4.51. The number of nitrogens with zero attached hydrogens (tertiary/aromatic N) is 7. The van der Waals surface area contributed by atoms with E-state index in [1.54, 1.807) is 30.1 Å². The van der Waals surface area contributed by atoms with Gasteiger partial charge in [-0.25, -0.2) is 19.9 Å². The molecule has 0 fully saturated rings. The zero-order valence-corrected chi connectivity index (χ0v) is 14.6. The first-order chi connectivity index (χ1) is 12.2. The second-order valence-electron chi connectivity index (χ2n) is 5.58. The molecule has 4 heterocycles. The third-order valence-corrected chi connectivity index (χ3v) is 4.84. The van der Waals surface area contributed by atoms with E-state index in [2.05, 4.69) is 30.2 Å². The van der Waals surface area contributed by atoms with Crippen LogP contribution in [0.25, 0.3) is 16.2 Å². The number of anilines is 2. The predicted molar refractivity (Wildman–Crippen MR) is 98.2 cm³/mol. The van der Waals surface area contributed by atoms with Crippen LogP contribution in [0.4, 0.5) is 10.9 Å². The van der Waals surface area contributed by atoms with E-state index >= 15 is 0 Å². The molecule has 9 heteroatoms. The maximum absolute atomic E-state index is 4.51. The Kier molecular flexibility index (Phi) is 3.98. The fraction of sp³-hybridized carbons (Fsp3) is 0.188. The molecule has 0 aliphatic heterocycles. The van der Waals surface area contributed by atoms with E-state index in [-0.39, 0.29) is 0 Å². The number of hydrogen-bond acceptors (Lipinski definition) is 8. The predicted octanol–water partition coefficient (Wildman–Crippen LogP) is 2.35. The van der Waals surface area contributed by atoms with E-state index in [0.29, 0.717) is 12.2 Å². The molecular formula is C16H16N8S. The van der Waals surface area contributed by atoms with E-state index in [4.69, 9.17) is 0 Å². The lowest BCUT2D eigenvalue weighted by Gasteiger charge is -2.10. The third kappa shape index (κ3) is 3.01. The van der Waals surface area contributed by atoms with Gasteiger partial charge in [-0.15, -0.1) is 0 Å². The summed E-state index contributed by atoms with van der Waals surface area (Å²) in [7, 11) is 3.93. The molecule has 0 atom stereocenters. The van der Waals surface area contributed by atoms with Crippen LogP contribution < -0.4 is 10.2 Å². The number of fused-ring (bicyclic) bond motifs is 1. The normalized spacial score (nSPS) is 11.0. The van der Waals surface area contributed by atoms with Crippen molar-refractivity contribution in [3.8, 4) is 5.82 Å². The molecule has 4 aromatic rings. The molecule has 0 bridgehead atoms. The molecule has 25 heavy (non-hydrogen) atoms. The monoisotopic (exact) mass is 352 g/mol. The van der Waals surface area contributed by atoms with E-state index in [1.165, 1.54) is 6.33 Å². The van der Waals surface area contributed by atoms with E-state index in [9.17, 15) is 0 Å². The minimum atomic E-state index is 0.586. The lowest BCUT2D eigenvalue weighted by atomic mass is 10.2. The van der Waals surface area contributed by atoms with Gasteiger partial charge in [-0.3, -0.25) is 4.57 Å². The van der Waals surface area contributed by atoms with Crippen molar-refractivity contribution in [3.63, 3.8) is 0 Å². The van der Waals surface area contributed by atoms with Gasteiger partial charge in [0.2, 0.25) is 0 Å². The smallest absolute Gasteiger partial charge is 0.187 e. The van der Waals surface area contributed by atoms with Crippen molar-refractivity contribution in [2.75, 3.05) is 24.3 Å². The number of nitrogens with one attached hydrogen (secondary N) is 1. The molecule has 0 amide bonds. The van der Waals surface area contributed by atoms with Gasteiger partial charge in [0.25, 0.3) is 0 Å². The van der Waals surface area contributed by atoms with Gasteiger partial charge >= 0.3 is 0 Å². The summed E-state index contributed by atoms with van der Waals surface area (Å²) in [6.07, 6.45) is 8.65. The lowest BCUT2D eigenvalue weighted by Crippen LogP contribution is -2.07. The number of hydrogen-bond donors (Lipinski definition) is 1. The van der Waals surface area contributed by atoms with Crippen molar-refractivity contribution in [2.45, 2.75) is 6.54 Å². The number of thiazole rings is 1. The zero-order chi connectivity index (χ0) is 17.2. The Labute approximate surface area is 148 Å². The van der Waals surface area contributed by atoms with Crippen LogP contribution in [0.15, 0.2) is 43.4 Å². The highest BCUT2D eigenvalue weighted by atomic mass is 32.1. The number of aromatic nitrogens is 6. The Morgan fingerprint density at radius 2 is 2.12 bits per heavy atom. The third-order valence-electron chi connectivity index (χ3n) is 3.63. The Morgan fingerprint density at radius 1 is 1.20 bits per heavy atom. The van der Waals surface area contributed by atoms with Crippen molar-refractivity contribution in [1.29, 1.82) is 0 Å². The maximum Gasteiger partial charge on any atom is 0.187 e. The fourth-order valence-electron chi connectivity index (χ4n) is 2.42. The van der Waals surface area contributed by atoms with Crippen LogP contribution >= 0.6 is 11.3 Å². The van der Waals surface area contributed by atoms with Crippen molar-refractivity contribution in [1.82, 2.24) is 29.5 Å². The summed E-state index contributed by atoms with van der Waals surface area (Å²) in [4.78, 5) is 23.7. The molecule has 8 nitrogen and oxygen atoms in total. The molecule has 0 aromatic carbocycles. The summed E-state index contributed by atoms with van der Waals surface area (Å²) >= 11 is 1.57. The first-order valence-electron chi connectivity index (χ1n) is 7.67. The molecule has 0 radical (unpaired) electrons. The van der Waals surface area contributed by atoms with Gasteiger partial charge in [0.15, 0.2) is 10.8 Å². The average molecular weight is 352 g/mol. The second kappa shape index (κ2) is 6.44. The first-order valence-corrected chi connectivity index (χ1v) is 8.49. The number of pyridine rings is 1. The van der Waals surface area contributed by atoms with Gasteiger partial charge in [-0.1, -0.05) is 17.4 Å². The topological polar surface area (TPSA) is 84.7 Å². The lowest BCUT2D eigenvalue weighted by molar-refractivity contribution is 0.947. The SMILES string of the molecule is CN(C)c1nc2ncnc(NCc3cccnc3-n3ccnc3)c2s1. The van der Waals surface area contributed by atoms with Crippen molar-refractivity contribution >= 4 is 32.6 Å². The highest BCUT2D eigenvalue weighted by Gasteiger charge is 2.12. The standard InChI is InChI=1S/C16H16N8S/c1-23(2)16-22-14-12(25-16)13(20-9-21-14)19-8-11-4-3-5-18-15(11)24-7-6-17-10-24/h3-7,9-10H,8H2,1-2H3,(H,19,20,21). The van der Waals surface area contributed by atoms with Crippen LogP contribution in [0, 0.1) is 0 Å². The molecule has 1 N–H and O–H groups in total. The molecule has 126 valence electrons. The summed E-state index contributed by atoms with van der Waals surface area (Å²) in [5.74, 6) is 1.62. The summed E-state index contributed by atoms with van der Waals surface area (Å²) in [5, 5.41) is 4.29. The van der Waals surface area contributed by atoms with Gasteiger partial charge in [-0.2, -0.15) is 4.98 Å². The van der Waals surface area contributed by atoms with Crippen molar-refractivity contribution in [3.05, 3.63) is 48.9 Å². The number of imidazole rings is 1. The molecular weight excluding hydrogens is 336 g/mol. The summed E-state index contributed by atoms with van der Waals surface area (Å²) in [6.45, 7) is 0.586. The van der Waals surface area contributed by atoms with Crippen LogP contribution in [-0.2, 0) is 6.54 Å². The van der Waals surface area contributed by atoms with Gasteiger partial charge in [-0.05, 0) is 6.07 Å². The fourth-order valence-corrected chi connectivity index (χ4v) is 3.33. The van der Waals surface area contributed by atoms with E-state index < -0.39 is 0 Å². The Balaban J connectivity index is 1.63. The molecule has 0 unspecified atom stereocenters. The molecule has 0 aliphatic rings. The molecule has 0 saturated carbocycles. The highest BCUT2D eigenvalue weighted by Crippen LogP contribution is 2.30. The molecule has 4 rings (SSSR count). The van der Waals surface area contributed by atoms with Crippen LogP contribution in [0.3, 0.4) is 0 Å². The van der Waals surface area contributed by atoms with Crippen molar-refractivity contribution in [2.24, 2.45) is 0 Å². The summed E-state index contributed by atoms with van der Waals surface area (Å²) < 4.78 is 2.84. The minimum absolute atomic E-state index is 0.586. The second-order valence-corrected chi connectivity index (χ2v) is 6.55. The van der Waals surface area contributed by atoms with Crippen LogP contribution in [0.2, 0.25) is 0 Å². The molecule has 0 aliphatic carbocycles.